The lowest BCUT2D eigenvalue weighted by Crippen LogP contribution is -2.30. The van der Waals surface area contributed by atoms with E-state index < -0.39 is 0 Å². The van der Waals surface area contributed by atoms with Gasteiger partial charge in [0.15, 0.2) is 0 Å². The minimum Gasteiger partial charge on any atom is -0.316 e. The number of aromatic nitrogens is 1. The first kappa shape index (κ1) is 8.20. The second kappa shape index (κ2) is 4.01. The third-order valence-corrected chi connectivity index (χ3v) is 3.15. The van der Waals surface area contributed by atoms with Gasteiger partial charge in [-0.2, -0.15) is 0 Å². The molecule has 1 atom stereocenters. The summed E-state index contributed by atoms with van der Waals surface area (Å²) >= 11 is 1.78. The van der Waals surface area contributed by atoms with Crippen LogP contribution < -0.4 is 5.32 Å². The molecule has 1 aromatic heterocycles. The standard InChI is InChI=1S/C9H14N2S/c1-2-8(7-10-3-1)6-9-11-4-5-12-9/h4-5,8,10H,1-3,6-7H2. The minimum absolute atomic E-state index is 0.824. The Morgan fingerprint density at radius 3 is 3.33 bits per heavy atom. The molecule has 66 valence electrons. The lowest BCUT2D eigenvalue weighted by atomic mass is 9.97. The molecule has 1 N–H and O–H groups in total. The highest BCUT2D eigenvalue weighted by Crippen LogP contribution is 2.17. The Kier molecular flexibility index (Phi) is 2.74. The molecule has 0 spiro atoms. The predicted molar refractivity (Wildman–Crippen MR) is 51.4 cm³/mol. The molecule has 1 unspecified atom stereocenters. The van der Waals surface area contributed by atoms with Crippen molar-refractivity contribution < 1.29 is 0 Å². The molecule has 1 aliphatic rings. The third-order valence-electron chi connectivity index (χ3n) is 2.35. The fourth-order valence-electron chi connectivity index (χ4n) is 1.70. The van der Waals surface area contributed by atoms with Gasteiger partial charge in [-0.05, 0) is 31.8 Å². The van der Waals surface area contributed by atoms with E-state index >= 15 is 0 Å². The van der Waals surface area contributed by atoms with Crippen LogP contribution in [0.5, 0.6) is 0 Å². The molecule has 2 nitrogen and oxygen atoms in total. The maximum Gasteiger partial charge on any atom is 0.0928 e. The molecule has 0 saturated carbocycles. The maximum absolute atomic E-state index is 4.30. The molecular weight excluding hydrogens is 168 g/mol. The summed E-state index contributed by atoms with van der Waals surface area (Å²) in [6.45, 7) is 2.38. The van der Waals surface area contributed by atoms with Crippen molar-refractivity contribution in [3.8, 4) is 0 Å². The summed E-state index contributed by atoms with van der Waals surface area (Å²) in [7, 11) is 0. The highest BCUT2D eigenvalue weighted by molar-refractivity contribution is 7.09. The Morgan fingerprint density at radius 2 is 2.67 bits per heavy atom. The molecule has 1 saturated heterocycles. The topological polar surface area (TPSA) is 24.9 Å². The first-order valence-corrected chi connectivity index (χ1v) is 5.42. The summed E-state index contributed by atoms with van der Waals surface area (Å²) < 4.78 is 0. The molecule has 0 radical (unpaired) electrons. The number of hydrogen-bond acceptors (Lipinski definition) is 3. The van der Waals surface area contributed by atoms with Gasteiger partial charge in [-0.1, -0.05) is 0 Å². The normalized spacial score (nSPS) is 24.2. The van der Waals surface area contributed by atoms with Crippen LogP contribution in [0.1, 0.15) is 17.8 Å². The van der Waals surface area contributed by atoms with E-state index in [0.717, 1.165) is 5.92 Å². The van der Waals surface area contributed by atoms with Gasteiger partial charge in [0.1, 0.15) is 0 Å². The van der Waals surface area contributed by atoms with Gasteiger partial charge >= 0.3 is 0 Å². The molecule has 12 heavy (non-hydrogen) atoms. The van der Waals surface area contributed by atoms with E-state index in [9.17, 15) is 0 Å². The van der Waals surface area contributed by atoms with Crippen molar-refractivity contribution in [1.82, 2.24) is 10.3 Å². The van der Waals surface area contributed by atoms with E-state index in [1.165, 1.54) is 37.4 Å². The molecule has 0 aromatic carbocycles. The number of nitrogens with zero attached hydrogens (tertiary/aromatic N) is 1. The molecule has 1 aliphatic heterocycles. The molecule has 2 heterocycles. The smallest absolute Gasteiger partial charge is 0.0928 e. The summed E-state index contributed by atoms with van der Waals surface area (Å²) in [5.74, 6) is 0.824. The third kappa shape index (κ3) is 2.05. The van der Waals surface area contributed by atoms with Crippen LogP contribution in [0.3, 0.4) is 0 Å². The van der Waals surface area contributed by atoms with Crippen LogP contribution in [0.15, 0.2) is 11.6 Å². The summed E-state index contributed by atoms with van der Waals surface area (Å²) in [5.41, 5.74) is 0. The van der Waals surface area contributed by atoms with Gasteiger partial charge in [0.25, 0.3) is 0 Å². The van der Waals surface area contributed by atoms with Gasteiger partial charge in [-0.15, -0.1) is 11.3 Å². The fourth-order valence-corrected chi connectivity index (χ4v) is 2.43. The summed E-state index contributed by atoms with van der Waals surface area (Å²) in [5, 5.41) is 6.78. The van der Waals surface area contributed by atoms with E-state index in [4.69, 9.17) is 0 Å². The highest BCUT2D eigenvalue weighted by atomic mass is 32.1. The quantitative estimate of drug-likeness (QED) is 0.753. The van der Waals surface area contributed by atoms with Crippen LogP contribution in [0.2, 0.25) is 0 Å². The van der Waals surface area contributed by atoms with Crippen molar-refractivity contribution in [3.63, 3.8) is 0 Å². The Bertz CT molecular complexity index is 214. The average Bonchev–Trinajstić information content (AvgIpc) is 2.59. The van der Waals surface area contributed by atoms with Crippen LogP contribution in [0.25, 0.3) is 0 Å². The second-order valence-corrected chi connectivity index (χ2v) is 4.32. The van der Waals surface area contributed by atoms with Crippen LogP contribution in [0, 0.1) is 5.92 Å². The number of thiazole rings is 1. The SMILES string of the molecule is c1csc(CC2CCCNC2)n1. The van der Waals surface area contributed by atoms with Gasteiger partial charge < -0.3 is 5.32 Å². The Labute approximate surface area is 77.0 Å². The van der Waals surface area contributed by atoms with Crippen molar-refractivity contribution in [3.05, 3.63) is 16.6 Å². The second-order valence-electron chi connectivity index (χ2n) is 3.34. The Hall–Kier alpha value is -0.410. The number of nitrogens with one attached hydrogen (secondary N) is 1. The van der Waals surface area contributed by atoms with Crippen LogP contribution >= 0.6 is 11.3 Å². The fraction of sp³-hybridized carbons (Fsp3) is 0.667. The number of piperidine rings is 1. The van der Waals surface area contributed by atoms with Gasteiger partial charge in [-0.25, -0.2) is 4.98 Å². The zero-order valence-electron chi connectivity index (χ0n) is 7.12. The van der Waals surface area contributed by atoms with Gasteiger partial charge in [0.2, 0.25) is 0 Å². The molecule has 2 rings (SSSR count). The number of hydrogen-bond donors (Lipinski definition) is 1. The zero-order valence-corrected chi connectivity index (χ0v) is 7.94. The average molecular weight is 182 g/mol. The van der Waals surface area contributed by atoms with Gasteiger partial charge in [-0.3, -0.25) is 0 Å². The molecule has 1 aromatic rings. The van der Waals surface area contributed by atoms with E-state index in [1.807, 2.05) is 6.20 Å². The Morgan fingerprint density at radius 1 is 1.67 bits per heavy atom. The summed E-state index contributed by atoms with van der Waals surface area (Å²) in [6.07, 6.45) is 5.77. The van der Waals surface area contributed by atoms with Crippen LogP contribution in [-0.2, 0) is 6.42 Å². The van der Waals surface area contributed by atoms with Crippen molar-refractivity contribution >= 4 is 11.3 Å². The van der Waals surface area contributed by atoms with Gasteiger partial charge in [0, 0.05) is 18.0 Å². The zero-order chi connectivity index (χ0) is 8.23. The van der Waals surface area contributed by atoms with Crippen molar-refractivity contribution in [1.29, 1.82) is 0 Å². The summed E-state index contributed by atoms with van der Waals surface area (Å²) in [4.78, 5) is 4.30. The Balaban J connectivity index is 1.86. The lowest BCUT2D eigenvalue weighted by Gasteiger charge is -2.21. The monoisotopic (exact) mass is 182 g/mol. The van der Waals surface area contributed by atoms with E-state index in [0.29, 0.717) is 0 Å². The van der Waals surface area contributed by atoms with E-state index in [-0.39, 0.29) is 0 Å². The van der Waals surface area contributed by atoms with Crippen LogP contribution in [-0.4, -0.2) is 18.1 Å². The largest absolute Gasteiger partial charge is 0.316 e. The van der Waals surface area contributed by atoms with Gasteiger partial charge in [0.05, 0.1) is 5.01 Å². The van der Waals surface area contributed by atoms with Crippen LogP contribution in [0.4, 0.5) is 0 Å². The van der Waals surface area contributed by atoms with E-state index in [1.54, 1.807) is 11.3 Å². The van der Waals surface area contributed by atoms with Crippen molar-refractivity contribution in [2.24, 2.45) is 5.92 Å². The lowest BCUT2D eigenvalue weighted by molar-refractivity contribution is 0.376. The van der Waals surface area contributed by atoms with Crippen molar-refractivity contribution in [2.45, 2.75) is 19.3 Å². The molecule has 1 fully saturated rings. The molecular formula is C9H14N2S. The maximum atomic E-state index is 4.30. The number of rotatable bonds is 2. The highest BCUT2D eigenvalue weighted by Gasteiger charge is 2.13. The molecule has 3 heteroatoms. The first-order valence-electron chi connectivity index (χ1n) is 4.54. The minimum atomic E-state index is 0.824. The molecule has 0 amide bonds. The molecule has 0 bridgehead atoms. The molecule has 0 aliphatic carbocycles. The predicted octanol–water partition coefficient (Wildman–Crippen LogP) is 1.69. The van der Waals surface area contributed by atoms with Crippen molar-refractivity contribution in [2.75, 3.05) is 13.1 Å². The van der Waals surface area contributed by atoms with E-state index in [2.05, 4.69) is 15.7 Å². The first-order chi connectivity index (χ1) is 5.95. The summed E-state index contributed by atoms with van der Waals surface area (Å²) in [6, 6.07) is 0.